The number of benzene rings is 4. The molecule has 4 nitrogen and oxygen atoms in total. The van der Waals surface area contributed by atoms with Gasteiger partial charge in [0.1, 0.15) is 0 Å². The highest BCUT2D eigenvalue weighted by Crippen LogP contribution is 2.42. The zero-order valence-electron chi connectivity index (χ0n) is 31.2. The first-order chi connectivity index (χ1) is 27.1. The fraction of sp³-hybridized carbons (Fsp3) is 0.146. The van der Waals surface area contributed by atoms with Crippen molar-refractivity contribution >= 4 is 86.2 Å². The summed E-state index contributed by atoms with van der Waals surface area (Å²) in [5.74, 6) is -0.0626. The molecule has 0 radical (unpaired) electrons. The zero-order chi connectivity index (χ0) is 38.8. The number of hydrogen-bond acceptors (Lipinski definition) is 2. The topological polar surface area (TPSA) is 56.0 Å². The minimum atomic E-state index is -0.160. The van der Waals surface area contributed by atoms with Gasteiger partial charge in [-0.3, -0.25) is 4.99 Å². The number of nitrogens with zero attached hydrogens (tertiary/aromatic N) is 1. The molecule has 0 amide bonds. The van der Waals surface area contributed by atoms with Crippen LogP contribution >= 0.6 is 63.7 Å². The Bertz CT molecular complexity index is 2770. The standard InChI is InChI=1S/C48H38Br4N4/c1-25-9-5-10-26(2)41(25)45-33-17-21-37(53-33)47(43-29(49)13-7-14-30(43)50)39-23-19-35(55-39)46(42-27(3)11-6-12-28(42)4)36-20-24-40(56-36)48(38-22-18-34(45)54-38)44-31(51)15-8-16-32(44)52/h5-24,33,36,45,54-56H,1-4H3/b46-35+,47-39+,48-40?. The number of rotatable bonds is 4. The fourth-order valence-corrected chi connectivity index (χ4v) is 11.6. The summed E-state index contributed by atoms with van der Waals surface area (Å²) < 4.78 is 4.00. The van der Waals surface area contributed by atoms with Gasteiger partial charge in [0, 0.05) is 73.5 Å². The first kappa shape index (κ1) is 37.4. The van der Waals surface area contributed by atoms with Gasteiger partial charge in [-0.15, -0.1) is 0 Å². The molecule has 9 rings (SSSR count). The summed E-state index contributed by atoms with van der Waals surface area (Å²) in [6.45, 7) is 8.85. The molecule has 3 aliphatic rings. The van der Waals surface area contributed by atoms with Gasteiger partial charge >= 0.3 is 0 Å². The minimum absolute atomic E-state index is 0.0626. The summed E-state index contributed by atoms with van der Waals surface area (Å²) in [6.07, 6.45) is 9.04. The predicted molar refractivity (Wildman–Crippen MR) is 246 cm³/mol. The Morgan fingerprint density at radius 3 is 1.75 bits per heavy atom. The lowest BCUT2D eigenvalue weighted by atomic mass is 9.84. The van der Waals surface area contributed by atoms with E-state index in [4.69, 9.17) is 4.99 Å². The van der Waals surface area contributed by atoms with E-state index in [1.807, 2.05) is 0 Å². The summed E-state index contributed by atoms with van der Waals surface area (Å²) in [6, 6.07) is 34.3. The van der Waals surface area contributed by atoms with Gasteiger partial charge in [-0.2, -0.15) is 0 Å². The molecule has 5 heterocycles. The maximum atomic E-state index is 5.64. The summed E-state index contributed by atoms with van der Waals surface area (Å²) >= 11 is 15.7. The maximum absolute atomic E-state index is 5.64. The van der Waals surface area contributed by atoms with E-state index in [-0.39, 0.29) is 18.0 Å². The van der Waals surface area contributed by atoms with Gasteiger partial charge in [-0.05, 0) is 122 Å². The van der Waals surface area contributed by atoms with Gasteiger partial charge in [0.15, 0.2) is 0 Å². The third-order valence-corrected chi connectivity index (χ3v) is 13.9. The van der Waals surface area contributed by atoms with Crippen molar-refractivity contribution in [2.24, 2.45) is 4.99 Å². The Morgan fingerprint density at radius 1 is 0.536 bits per heavy atom. The monoisotopic (exact) mass is 986 g/mol. The van der Waals surface area contributed by atoms with E-state index in [2.05, 4.69) is 228 Å². The maximum Gasteiger partial charge on any atom is 0.0814 e. The van der Waals surface area contributed by atoms with E-state index in [9.17, 15) is 0 Å². The molecule has 8 heteroatoms. The average molecular weight is 990 g/mol. The van der Waals surface area contributed by atoms with Crippen molar-refractivity contribution in [1.29, 1.82) is 0 Å². The van der Waals surface area contributed by atoms with Crippen LogP contribution in [0.15, 0.2) is 150 Å². The number of aromatic nitrogens is 2. The molecule has 2 aromatic heterocycles. The number of aliphatic imine (C=N–C) groups is 1. The fourth-order valence-electron chi connectivity index (χ4n) is 8.80. The van der Waals surface area contributed by atoms with Crippen LogP contribution in [0.25, 0.3) is 16.7 Å². The molecule has 3 N–H and O–H groups in total. The van der Waals surface area contributed by atoms with Gasteiger partial charge in [0.2, 0.25) is 0 Å². The second-order valence-corrected chi connectivity index (χ2v) is 18.2. The Labute approximate surface area is 360 Å². The smallest absolute Gasteiger partial charge is 0.0814 e. The lowest BCUT2D eigenvalue weighted by Crippen LogP contribution is -2.30. The summed E-state index contributed by atoms with van der Waals surface area (Å²) in [4.78, 5) is 13.6. The number of fused-ring (bicyclic) bond motifs is 7. The molecule has 3 unspecified atom stereocenters. The summed E-state index contributed by atoms with van der Waals surface area (Å²) in [5, 5.41) is 6.06. The van der Waals surface area contributed by atoms with Crippen molar-refractivity contribution < 1.29 is 0 Å². The third kappa shape index (κ3) is 6.43. The molecule has 0 saturated carbocycles. The van der Waals surface area contributed by atoms with Crippen molar-refractivity contribution in [3.05, 3.63) is 212 Å². The van der Waals surface area contributed by atoms with E-state index < -0.39 is 0 Å². The van der Waals surface area contributed by atoms with Crippen LogP contribution in [-0.2, 0) is 0 Å². The van der Waals surface area contributed by atoms with E-state index >= 15 is 0 Å². The van der Waals surface area contributed by atoms with Crippen LogP contribution in [0.1, 0.15) is 61.8 Å². The number of hydrogen-bond donors (Lipinski definition) is 3. The first-order valence-corrected chi connectivity index (χ1v) is 21.9. The normalized spacial score (nSPS) is 20.8. The highest BCUT2D eigenvalue weighted by Gasteiger charge is 2.33. The Balaban J connectivity index is 1.42. The van der Waals surface area contributed by atoms with Crippen molar-refractivity contribution in [3.8, 4) is 0 Å². The molecular weight excluding hydrogens is 952 g/mol. The first-order valence-electron chi connectivity index (χ1n) is 18.7. The second kappa shape index (κ2) is 14.9. The molecule has 278 valence electrons. The minimum Gasteiger partial charge on any atom is -0.374 e. The second-order valence-electron chi connectivity index (χ2n) is 14.8. The van der Waals surface area contributed by atoms with E-state index in [1.54, 1.807) is 0 Å². The van der Waals surface area contributed by atoms with Gasteiger partial charge in [-0.1, -0.05) is 124 Å². The highest BCUT2D eigenvalue weighted by atomic mass is 79.9. The number of aromatic amines is 2. The lowest BCUT2D eigenvalue weighted by molar-refractivity contribution is 0.686. The summed E-state index contributed by atoms with van der Waals surface area (Å²) in [7, 11) is 0. The molecule has 8 bridgehead atoms. The molecular formula is C48H38Br4N4. The van der Waals surface area contributed by atoms with E-state index in [0.29, 0.717) is 0 Å². The Hall–Kier alpha value is -4.21. The van der Waals surface area contributed by atoms with Crippen LogP contribution in [0.5, 0.6) is 0 Å². The van der Waals surface area contributed by atoms with Crippen molar-refractivity contribution in [3.63, 3.8) is 0 Å². The quantitative estimate of drug-likeness (QED) is 0.162. The molecule has 0 fully saturated rings. The number of aryl methyl sites for hydroxylation is 4. The van der Waals surface area contributed by atoms with Crippen LogP contribution in [0.2, 0.25) is 0 Å². The molecule has 6 aromatic rings. The lowest BCUT2D eigenvalue weighted by Gasteiger charge is -2.25. The van der Waals surface area contributed by atoms with Crippen LogP contribution < -0.4 is 16.0 Å². The zero-order valence-corrected chi connectivity index (χ0v) is 37.6. The Morgan fingerprint density at radius 2 is 1.11 bits per heavy atom. The van der Waals surface area contributed by atoms with E-state index in [1.165, 1.54) is 39.0 Å². The predicted octanol–water partition coefficient (Wildman–Crippen LogP) is 11.5. The number of nitrogens with one attached hydrogen (secondary N) is 3. The number of halogens is 4. The Kier molecular flexibility index (Phi) is 9.97. The SMILES string of the molecule is Cc1cccc(C)c1/C1=c2\cc/c([nH]2)=C(\c2c(Br)cccc2Br)C2=NC(C=C2)C(c2c(C)cccc2C)c2ccc([nH]2)C(c2c(Br)cccc2Br)=C2C=CC1N2. The molecule has 0 spiro atoms. The van der Waals surface area contributed by atoms with E-state index in [0.717, 1.165) is 73.7 Å². The molecule has 56 heavy (non-hydrogen) atoms. The summed E-state index contributed by atoms with van der Waals surface area (Å²) in [5.41, 5.74) is 17.0. The van der Waals surface area contributed by atoms with Gasteiger partial charge in [-0.25, -0.2) is 0 Å². The molecule has 0 aliphatic carbocycles. The van der Waals surface area contributed by atoms with Crippen LogP contribution in [0.4, 0.5) is 0 Å². The van der Waals surface area contributed by atoms with Crippen molar-refractivity contribution in [2.45, 2.75) is 45.7 Å². The van der Waals surface area contributed by atoms with Gasteiger partial charge in [0.25, 0.3) is 0 Å². The van der Waals surface area contributed by atoms with Crippen molar-refractivity contribution in [1.82, 2.24) is 15.3 Å². The third-order valence-electron chi connectivity index (χ3n) is 11.3. The highest BCUT2D eigenvalue weighted by molar-refractivity contribution is 9.11. The van der Waals surface area contributed by atoms with Crippen LogP contribution in [-0.4, -0.2) is 27.8 Å². The largest absolute Gasteiger partial charge is 0.374 e. The molecule has 3 atom stereocenters. The number of allylic oxidation sites excluding steroid dienone is 2. The van der Waals surface area contributed by atoms with Crippen molar-refractivity contribution in [2.75, 3.05) is 0 Å². The average Bonchev–Trinajstić information content (AvgIpc) is 4.00. The van der Waals surface area contributed by atoms with Gasteiger partial charge < -0.3 is 15.3 Å². The molecule has 3 aliphatic heterocycles. The number of H-pyrrole nitrogens is 2. The van der Waals surface area contributed by atoms with Gasteiger partial charge in [0.05, 0.1) is 23.7 Å². The van der Waals surface area contributed by atoms with Crippen LogP contribution in [0, 0.1) is 27.7 Å². The molecule has 4 aromatic carbocycles. The van der Waals surface area contributed by atoms with Crippen LogP contribution in [0.3, 0.4) is 0 Å². The molecule has 0 saturated heterocycles.